The van der Waals surface area contributed by atoms with Crippen molar-refractivity contribution in [2.75, 3.05) is 25.6 Å². The molecule has 9 nitrogen and oxygen atoms in total. The molecule has 29 heavy (non-hydrogen) atoms. The summed E-state index contributed by atoms with van der Waals surface area (Å²) in [5.41, 5.74) is 0.943. The molecule has 0 bridgehead atoms. The molecule has 0 fully saturated rings. The summed E-state index contributed by atoms with van der Waals surface area (Å²) in [6.45, 7) is 2.66. The van der Waals surface area contributed by atoms with Crippen LogP contribution in [0.5, 0.6) is 5.75 Å². The molecule has 2 aromatic carbocycles. The summed E-state index contributed by atoms with van der Waals surface area (Å²) in [5.74, 6) is -0.243. The van der Waals surface area contributed by atoms with E-state index >= 15 is 0 Å². The molecule has 2 N–H and O–H groups in total. The van der Waals surface area contributed by atoms with Gasteiger partial charge in [-0.2, -0.15) is 0 Å². The highest BCUT2D eigenvalue weighted by Gasteiger charge is 2.16. The third-order valence-electron chi connectivity index (χ3n) is 3.96. The van der Waals surface area contributed by atoms with Gasteiger partial charge >= 0.3 is 0 Å². The van der Waals surface area contributed by atoms with Gasteiger partial charge in [-0.25, -0.2) is 0 Å². The van der Waals surface area contributed by atoms with E-state index in [0.29, 0.717) is 30.2 Å². The summed E-state index contributed by atoms with van der Waals surface area (Å²) < 4.78 is 10.4. The number of carbonyl (C=O) groups is 2. The fraction of sp³-hybridized carbons (Fsp3) is 0.300. The first-order chi connectivity index (χ1) is 13.9. The summed E-state index contributed by atoms with van der Waals surface area (Å²) in [7, 11) is 1.60. The molecule has 1 unspecified atom stereocenters. The lowest BCUT2D eigenvalue weighted by atomic mass is 10.2. The van der Waals surface area contributed by atoms with Gasteiger partial charge in [0.2, 0.25) is 0 Å². The Morgan fingerprint density at radius 2 is 1.76 bits per heavy atom. The molecule has 154 valence electrons. The van der Waals surface area contributed by atoms with Crippen LogP contribution in [0, 0.1) is 10.1 Å². The SMILES string of the molecule is COCCCNC(=O)c1ccc(NC(=O)C(C)Oc2ccc([N+](=O)[O-])cc2)cc1. The van der Waals surface area contributed by atoms with Gasteiger partial charge in [0.15, 0.2) is 6.10 Å². The zero-order valence-corrected chi connectivity index (χ0v) is 16.2. The highest BCUT2D eigenvalue weighted by molar-refractivity contribution is 5.96. The molecule has 1 atom stereocenters. The van der Waals surface area contributed by atoms with Crippen molar-refractivity contribution < 1.29 is 24.0 Å². The fourth-order valence-electron chi connectivity index (χ4n) is 2.37. The molecule has 0 heterocycles. The predicted octanol–water partition coefficient (Wildman–Crippen LogP) is 2.77. The minimum Gasteiger partial charge on any atom is -0.481 e. The number of rotatable bonds is 10. The van der Waals surface area contributed by atoms with Crippen LogP contribution in [-0.2, 0) is 9.53 Å². The average molecular weight is 401 g/mol. The summed E-state index contributed by atoms with van der Waals surface area (Å²) >= 11 is 0. The van der Waals surface area contributed by atoms with Gasteiger partial charge in [0.1, 0.15) is 5.75 Å². The predicted molar refractivity (Wildman–Crippen MR) is 107 cm³/mol. The van der Waals surface area contributed by atoms with E-state index in [-0.39, 0.29) is 17.5 Å². The van der Waals surface area contributed by atoms with Gasteiger partial charge in [-0.1, -0.05) is 0 Å². The lowest BCUT2D eigenvalue weighted by molar-refractivity contribution is -0.384. The lowest BCUT2D eigenvalue weighted by Gasteiger charge is -2.15. The van der Waals surface area contributed by atoms with Crippen molar-refractivity contribution in [2.24, 2.45) is 0 Å². The first-order valence-electron chi connectivity index (χ1n) is 9.00. The monoisotopic (exact) mass is 401 g/mol. The summed E-state index contributed by atoms with van der Waals surface area (Å²) in [6, 6.07) is 12.0. The second-order valence-electron chi connectivity index (χ2n) is 6.18. The Morgan fingerprint density at radius 3 is 2.34 bits per heavy atom. The number of non-ortho nitro benzene ring substituents is 1. The van der Waals surface area contributed by atoms with Crippen molar-refractivity contribution in [1.82, 2.24) is 5.32 Å². The van der Waals surface area contributed by atoms with Crippen molar-refractivity contribution in [3.63, 3.8) is 0 Å². The lowest BCUT2D eigenvalue weighted by Crippen LogP contribution is -2.30. The van der Waals surface area contributed by atoms with E-state index in [1.165, 1.54) is 24.3 Å². The summed E-state index contributed by atoms with van der Waals surface area (Å²) in [6.07, 6.45) is -0.0940. The van der Waals surface area contributed by atoms with E-state index in [1.54, 1.807) is 38.3 Å². The number of amides is 2. The Labute approximate surface area is 168 Å². The van der Waals surface area contributed by atoms with Crippen molar-refractivity contribution in [1.29, 1.82) is 0 Å². The molecular formula is C20H23N3O6. The second kappa shape index (κ2) is 10.8. The van der Waals surface area contributed by atoms with E-state index < -0.39 is 11.0 Å². The largest absolute Gasteiger partial charge is 0.481 e. The van der Waals surface area contributed by atoms with Crippen LogP contribution in [0.3, 0.4) is 0 Å². The normalized spacial score (nSPS) is 11.4. The van der Waals surface area contributed by atoms with Gasteiger partial charge in [0.25, 0.3) is 17.5 Å². The Kier molecular flexibility index (Phi) is 8.11. The van der Waals surface area contributed by atoms with E-state index in [9.17, 15) is 19.7 Å². The molecule has 2 rings (SSSR count). The Morgan fingerprint density at radius 1 is 1.10 bits per heavy atom. The zero-order chi connectivity index (χ0) is 21.2. The maximum Gasteiger partial charge on any atom is 0.269 e. The molecule has 0 spiro atoms. The molecule has 2 amide bonds. The number of hydrogen-bond acceptors (Lipinski definition) is 6. The van der Waals surface area contributed by atoms with Crippen LogP contribution in [-0.4, -0.2) is 43.1 Å². The molecule has 9 heteroatoms. The number of hydrogen-bond donors (Lipinski definition) is 2. The Hall–Kier alpha value is -3.46. The van der Waals surface area contributed by atoms with Gasteiger partial charge in [0.05, 0.1) is 4.92 Å². The zero-order valence-electron chi connectivity index (χ0n) is 16.2. The average Bonchev–Trinajstić information content (AvgIpc) is 2.72. The number of anilines is 1. The van der Waals surface area contributed by atoms with Crippen LogP contribution in [0.15, 0.2) is 48.5 Å². The van der Waals surface area contributed by atoms with Crippen molar-refractivity contribution in [2.45, 2.75) is 19.4 Å². The van der Waals surface area contributed by atoms with Gasteiger partial charge in [-0.3, -0.25) is 19.7 Å². The quantitative estimate of drug-likeness (QED) is 0.359. The maximum absolute atomic E-state index is 12.3. The number of nitrogens with zero attached hydrogens (tertiary/aromatic N) is 1. The minimum absolute atomic E-state index is 0.0581. The third-order valence-corrected chi connectivity index (χ3v) is 3.96. The second-order valence-corrected chi connectivity index (χ2v) is 6.18. The molecule has 0 aromatic heterocycles. The van der Waals surface area contributed by atoms with Crippen LogP contribution in [0.25, 0.3) is 0 Å². The van der Waals surface area contributed by atoms with Gasteiger partial charge < -0.3 is 20.1 Å². The Balaban J connectivity index is 1.86. The number of nitro benzene ring substituents is 1. The van der Waals surface area contributed by atoms with Crippen molar-refractivity contribution >= 4 is 23.2 Å². The van der Waals surface area contributed by atoms with E-state index in [0.717, 1.165) is 6.42 Å². The summed E-state index contributed by atoms with van der Waals surface area (Å²) in [5, 5.41) is 16.1. The van der Waals surface area contributed by atoms with Crippen molar-refractivity contribution in [3.05, 3.63) is 64.2 Å². The number of ether oxygens (including phenoxy) is 2. The third kappa shape index (κ3) is 6.89. The first kappa shape index (κ1) is 21.8. The molecule has 0 radical (unpaired) electrons. The standard InChI is InChI=1S/C20H23N3O6/c1-14(29-18-10-8-17(9-11-18)23(26)27)19(24)22-16-6-4-15(5-7-16)20(25)21-12-3-13-28-2/h4-11,14H,3,12-13H2,1-2H3,(H,21,25)(H,22,24). The van der Waals surface area contributed by atoms with Crippen LogP contribution < -0.4 is 15.4 Å². The molecule has 0 saturated carbocycles. The van der Waals surface area contributed by atoms with Gasteiger partial charge in [-0.15, -0.1) is 0 Å². The topological polar surface area (TPSA) is 120 Å². The van der Waals surface area contributed by atoms with Crippen LogP contribution in [0.4, 0.5) is 11.4 Å². The molecule has 0 saturated heterocycles. The van der Waals surface area contributed by atoms with Crippen LogP contribution in [0.1, 0.15) is 23.7 Å². The van der Waals surface area contributed by atoms with E-state index in [1.807, 2.05) is 0 Å². The van der Waals surface area contributed by atoms with E-state index in [2.05, 4.69) is 10.6 Å². The smallest absolute Gasteiger partial charge is 0.269 e. The molecule has 0 aliphatic carbocycles. The number of nitro groups is 1. The molecule has 2 aromatic rings. The van der Waals surface area contributed by atoms with E-state index in [4.69, 9.17) is 9.47 Å². The molecule has 0 aliphatic rings. The number of methoxy groups -OCH3 is 1. The molecular weight excluding hydrogens is 378 g/mol. The fourth-order valence-corrected chi connectivity index (χ4v) is 2.37. The summed E-state index contributed by atoms with van der Waals surface area (Å²) in [4.78, 5) is 34.4. The number of nitrogens with one attached hydrogen (secondary N) is 2. The highest BCUT2D eigenvalue weighted by Crippen LogP contribution is 2.19. The number of carbonyl (C=O) groups excluding carboxylic acids is 2. The minimum atomic E-state index is -0.819. The van der Waals surface area contributed by atoms with Crippen LogP contribution in [0.2, 0.25) is 0 Å². The van der Waals surface area contributed by atoms with Gasteiger partial charge in [-0.05, 0) is 49.7 Å². The highest BCUT2D eigenvalue weighted by atomic mass is 16.6. The Bertz CT molecular complexity index is 836. The maximum atomic E-state index is 12.3. The number of benzene rings is 2. The van der Waals surface area contributed by atoms with Gasteiger partial charge in [0, 0.05) is 43.6 Å². The first-order valence-corrected chi connectivity index (χ1v) is 9.00. The molecule has 0 aliphatic heterocycles. The van der Waals surface area contributed by atoms with Crippen LogP contribution >= 0.6 is 0 Å². The van der Waals surface area contributed by atoms with Crippen molar-refractivity contribution in [3.8, 4) is 5.75 Å².